The summed E-state index contributed by atoms with van der Waals surface area (Å²) in [5.41, 5.74) is 2.27. The van der Waals surface area contributed by atoms with Crippen molar-refractivity contribution in [1.82, 2.24) is 20.5 Å². The van der Waals surface area contributed by atoms with E-state index in [1.165, 1.54) is 0 Å². The molecule has 3 aliphatic rings. The van der Waals surface area contributed by atoms with E-state index in [9.17, 15) is 4.79 Å². The molecule has 1 aromatic heterocycles. The number of nitrogens with zero attached hydrogens (tertiary/aromatic N) is 2. The van der Waals surface area contributed by atoms with Crippen LogP contribution >= 0.6 is 11.6 Å². The van der Waals surface area contributed by atoms with Gasteiger partial charge in [-0.05, 0) is 49.4 Å². The molecule has 1 saturated carbocycles. The van der Waals surface area contributed by atoms with Gasteiger partial charge in [0.15, 0.2) is 0 Å². The van der Waals surface area contributed by atoms with Crippen molar-refractivity contribution >= 4 is 17.5 Å². The molecule has 1 spiro atoms. The van der Waals surface area contributed by atoms with Crippen LogP contribution < -0.4 is 10.6 Å². The number of aryl methyl sites for hydroxylation is 1. The van der Waals surface area contributed by atoms with Crippen LogP contribution in [0.25, 0.3) is 11.5 Å². The summed E-state index contributed by atoms with van der Waals surface area (Å²) >= 11 is 5.96. The minimum absolute atomic E-state index is 0.202. The number of likely N-dealkylation sites (tertiary alicyclic amines) is 1. The maximum atomic E-state index is 12.2. The summed E-state index contributed by atoms with van der Waals surface area (Å²) in [6.45, 7) is 6.68. The van der Waals surface area contributed by atoms with Crippen molar-refractivity contribution in [3.63, 3.8) is 0 Å². The lowest BCUT2D eigenvalue weighted by molar-refractivity contribution is -0.146. The van der Waals surface area contributed by atoms with E-state index in [1.807, 2.05) is 31.2 Å². The Bertz CT molecular complexity index is 876. The zero-order valence-corrected chi connectivity index (χ0v) is 16.8. The maximum Gasteiger partial charge on any atom is 0.226 e. The molecule has 0 bridgehead atoms. The highest BCUT2D eigenvalue weighted by Crippen LogP contribution is 2.52. The Hall–Kier alpha value is -1.89. The van der Waals surface area contributed by atoms with Crippen LogP contribution in [-0.4, -0.2) is 48.0 Å². The first-order valence-electron chi connectivity index (χ1n) is 9.95. The van der Waals surface area contributed by atoms with Crippen molar-refractivity contribution < 1.29 is 9.21 Å². The number of hydrogen-bond acceptors (Lipinski definition) is 5. The maximum absolute atomic E-state index is 12.2. The third-order valence-corrected chi connectivity index (χ3v) is 6.58. The van der Waals surface area contributed by atoms with Crippen molar-refractivity contribution in [3.05, 3.63) is 40.7 Å². The Balaban J connectivity index is 1.13. The van der Waals surface area contributed by atoms with Gasteiger partial charge in [-0.1, -0.05) is 11.6 Å². The van der Waals surface area contributed by atoms with Crippen molar-refractivity contribution in [2.24, 2.45) is 11.3 Å². The quantitative estimate of drug-likeness (QED) is 0.807. The molecule has 2 N–H and O–H groups in total. The molecule has 148 valence electrons. The monoisotopic (exact) mass is 400 g/mol. The minimum atomic E-state index is 0.202. The topological polar surface area (TPSA) is 70.4 Å². The average molecular weight is 401 g/mol. The van der Waals surface area contributed by atoms with Gasteiger partial charge in [-0.2, -0.15) is 0 Å². The zero-order chi connectivity index (χ0) is 19.3. The van der Waals surface area contributed by atoms with Gasteiger partial charge in [0.1, 0.15) is 5.76 Å². The highest BCUT2D eigenvalue weighted by molar-refractivity contribution is 6.30. The molecular weight excluding hydrogens is 376 g/mol. The predicted molar refractivity (Wildman–Crippen MR) is 107 cm³/mol. The lowest BCUT2D eigenvalue weighted by atomic mass is 9.57. The predicted octanol–water partition coefficient (Wildman–Crippen LogP) is 2.60. The molecule has 2 saturated heterocycles. The number of oxazole rings is 1. The number of nitrogens with one attached hydrogen (secondary N) is 2. The summed E-state index contributed by atoms with van der Waals surface area (Å²) in [5, 5.41) is 7.03. The number of hydrogen-bond donors (Lipinski definition) is 2. The number of carbonyl (C=O) groups excluding carboxylic acids is 1. The highest BCUT2D eigenvalue weighted by atomic mass is 35.5. The standard InChI is InChI=1S/C21H25ClN4O2/c1-13-18(25-20(28-13)14-2-4-16(22)5-3-14)10-26-11-21(12-26)6-15(7-21)19(27)24-17-8-23-9-17/h2-5,15,17,23H,6-12H2,1H3,(H,24,27). The van der Waals surface area contributed by atoms with Gasteiger partial charge >= 0.3 is 0 Å². The molecule has 1 aliphatic carbocycles. The van der Waals surface area contributed by atoms with Crippen molar-refractivity contribution in [2.45, 2.75) is 32.4 Å². The zero-order valence-electron chi connectivity index (χ0n) is 16.0. The van der Waals surface area contributed by atoms with E-state index in [-0.39, 0.29) is 11.8 Å². The van der Waals surface area contributed by atoms with Crippen molar-refractivity contribution in [2.75, 3.05) is 26.2 Å². The van der Waals surface area contributed by atoms with E-state index in [0.717, 1.165) is 62.6 Å². The molecular formula is C21H25ClN4O2. The minimum Gasteiger partial charge on any atom is -0.441 e. The van der Waals surface area contributed by atoms with Gasteiger partial charge in [0.2, 0.25) is 11.8 Å². The van der Waals surface area contributed by atoms with Crippen LogP contribution in [0.1, 0.15) is 24.3 Å². The molecule has 2 aromatic rings. The van der Waals surface area contributed by atoms with Crippen LogP contribution in [0.2, 0.25) is 5.02 Å². The number of carbonyl (C=O) groups is 1. The summed E-state index contributed by atoms with van der Waals surface area (Å²) in [7, 11) is 0. The third kappa shape index (κ3) is 3.34. The second-order valence-corrected chi connectivity index (χ2v) is 9.08. The second kappa shape index (κ2) is 6.87. The molecule has 0 unspecified atom stereocenters. The van der Waals surface area contributed by atoms with E-state index in [1.54, 1.807) is 0 Å². The van der Waals surface area contributed by atoms with Crippen LogP contribution in [0.3, 0.4) is 0 Å². The van der Waals surface area contributed by atoms with Crippen LogP contribution in [0.15, 0.2) is 28.7 Å². The summed E-state index contributed by atoms with van der Waals surface area (Å²) in [5.74, 6) is 1.96. The number of benzene rings is 1. The molecule has 3 heterocycles. The number of aromatic nitrogens is 1. The van der Waals surface area contributed by atoms with Crippen LogP contribution in [-0.2, 0) is 11.3 Å². The van der Waals surface area contributed by atoms with Gasteiger partial charge < -0.3 is 15.1 Å². The van der Waals surface area contributed by atoms with Gasteiger partial charge in [-0.25, -0.2) is 4.98 Å². The van der Waals surface area contributed by atoms with Crippen LogP contribution in [0.5, 0.6) is 0 Å². The molecule has 6 nitrogen and oxygen atoms in total. The normalized spacial score (nSPS) is 21.8. The van der Waals surface area contributed by atoms with Gasteiger partial charge in [-0.15, -0.1) is 0 Å². The molecule has 0 radical (unpaired) electrons. The number of halogens is 1. The van der Waals surface area contributed by atoms with Crippen molar-refractivity contribution in [3.8, 4) is 11.5 Å². The van der Waals surface area contributed by atoms with E-state index in [0.29, 0.717) is 22.4 Å². The summed E-state index contributed by atoms with van der Waals surface area (Å²) in [4.78, 5) is 19.3. The fraction of sp³-hybridized carbons (Fsp3) is 0.524. The van der Waals surface area contributed by atoms with E-state index < -0.39 is 0 Å². The lowest BCUT2D eigenvalue weighted by Gasteiger charge is -2.58. The molecule has 28 heavy (non-hydrogen) atoms. The fourth-order valence-electron chi connectivity index (χ4n) is 4.66. The molecule has 1 amide bonds. The first kappa shape index (κ1) is 18.2. The molecule has 3 fully saturated rings. The summed E-state index contributed by atoms with van der Waals surface area (Å²) in [6.07, 6.45) is 2.03. The van der Waals surface area contributed by atoms with Crippen molar-refractivity contribution in [1.29, 1.82) is 0 Å². The molecule has 7 heteroatoms. The largest absolute Gasteiger partial charge is 0.441 e. The average Bonchev–Trinajstić information content (AvgIpc) is 2.93. The molecule has 5 rings (SSSR count). The number of rotatable bonds is 5. The Morgan fingerprint density at radius 3 is 2.68 bits per heavy atom. The molecule has 1 aromatic carbocycles. The van der Waals surface area contributed by atoms with Gasteiger partial charge in [0.05, 0.1) is 11.7 Å². The third-order valence-electron chi connectivity index (χ3n) is 6.33. The number of amides is 1. The summed E-state index contributed by atoms with van der Waals surface area (Å²) in [6, 6.07) is 7.89. The Morgan fingerprint density at radius 1 is 1.32 bits per heavy atom. The van der Waals surface area contributed by atoms with E-state index >= 15 is 0 Å². The highest BCUT2D eigenvalue weighted by Gasteiger charge is 2.54. The SMILES string of the molecule is Cc1oc(-c2ccc(Cl)cc2)nc1CN1CC2(CC(C(=O)NC3CNC3)C2)C1. The first-order valence-corrected chi connectivity index (χ1v) is 10.3. The van der Waals surface area contributed by atoms with E-state index in [4.69, 9.17) is 21.0 Å². The van der Waals surface area contributed by atoms with Crippen LogP contribution in [0.4, 0.5) is 0 Å². The Morgan fingerprint density at radius 2 is 2.04 bits per heavy atom. The molecule has 2 aliphatic heterocycles. The lowest BCUT2D eigenvalue weighted by Crippen LogP contribution is -2.65. The van der Waals surface area contributed by atoms with Gasteiger partial charge in [-0.3, -0.25) is 9.69 Å². The summed E-state index contributed by atoms with van der Waals surface area (Å²) < 4.78 is 5.87. The first-order chi connectivity index (χ1) is 13.5. The van der Waals surface area contributed by atoms with E-state index in [2.05, 4.69) is 15.5 Å². The fourth-order valence-corrected chi connectivity index (χ4v) is 4.78. The van der Waals surface area contributed by atoms with Gasteiger partial charge in [0.25, 0.3) is 0 Å². The van der Waals surface area contributed by atoms with Crippen LogP contribution in [0, 0.1) is 18.3 Å². The molecule has 0 atom stereocenters. The Kier molecular flexibility index (Phi) is 4.45. The van der Waals surface area contributed by atoms with Gasteiger partial charge in [0, 0.05) is 49.2 Å². The Labute approximate surface area is 169 Å². The second-order valence-electron chi connectivity index (χ2n) is 8.64. The smallest absolute Gasteiger partial charge is 0.226 e.